The van der Waals surface area contributed by atoms with Gasteiger partial charge in [0.2, 0.25) is 11.8 Å². The van der Waals surface area contributed by atoms with Gasteiger partial charge in [-0.25, -0.2) is 0 Å². The molecule has 2 saturated heterocycles. The van der Waals surface area contributed by atoms with Crippen molar-refractivity contribution >= 4 is 17.6 Å². The van der Waals surface area contributed by atoms with Gasteiger partial charge in [0.15, 0.2) is 5.78 Å². The topological polar surface area (TPSA) is 57.7 Å². The van der Waals surface area contributed by atoms with Crippen molar-refractivity contribution in [2.75, 3.05) is 19.6 Å². The number of Topliss-reactive ketones (excluding diaryl/α,β-unsaturated/α-hetero) is 1. The Labute approximate surface area is 99.7 Å². The molecule has 0 bridgehead atoms. The van der Waals surface area contributed by atoms with Crippen LogP contribution in [0.1, 0.15) is 25.7 Å². The normalized spacial score (nSPS) is 28.6. The molecule has 1 aliphatic carbocycles. The summed E-state index contributed by atoms with van der Waals surface area (Å²) in [6.07, 6.45) is 3.54. The van der Waals surface area contributed by atoms with Gasteiger partial charge in [0.1, 0.15) is 12.6 Å². The van der Waals surface area contributed by atoms with Gasteiger partial charge < -0.3 is 9.80 Å². The van der Waals surface area contributed by atoms with Crippen LogP contribution in [0.3, 0.4) is 0 Å². The zero-order chi connectivity index (χ0) is 12.0. The zero-order valence-electron chi connectivity index (χ0n) is 9.72. The highest BCUT2D eigenvalue weighted by Crippen LogP contribution is 2.31. The summed E-state index contributed by atoms with van der Waals surface area (Å²) in [6, 6.07) is -0.289. The van der Waals surface area contributed by atoms with E-state index in [1.54, 1.807) is 4.90 Å². The summed E-state index contributed by atoms with van der Waals surface area (Å²) in [7, 11) is 0. The molecule has 0 N–H and O–H groups in total. The van der Waals surface area contributed by atoms with Crippen LogP contribution in [0.15, 0.2) is 0 Å². The standard InChI is InChI=1S/C12H16N2O3/c15-10(8-3-4-8)6-13-7-11(16)14-5-1-2-9(14)12(13)17/h8-9H,1-7H2. The van der Waals surface area contributed by atoms with Crippen LogP contribution >= 0.6 is 0 Å². The molecule has 3 rings (SSSR count). The molecule has 2 amide bonds. The fourth-order valence-corrected chi connectivity index (χ4v) is 2.72. The molecule has 2 heterocycles. The van der Waals surface area contributed by atoms with E-state index in [4.69, 9.17) is 0 Å². The molecule has 17 heavy (non-hydrogen) atoms. The molecule has 0 aromatic rings. The Bertz CT molecular complexity index is 389. The Hall–Kier alpha value is -1.39. The molecule has 5 heteroatoms. The van der Waals surface area contributed by atoms with Gasteiger partial charge in [-0.1, -0.05) is 0 Å². The van der Waals surface area contributed by atoms with Gasteiger partial charge in [0, 0.05) is 12.5 Å². The first-order valence-electron chi connectivity index (χ1n) is 6.28. The molecule has 3 fully saturated rings. The van der Waals surface area contributed by atoms with E-state index in [-0.39, 0.29) is 42.6 Å². The smallest absolute Gasteiger partial charge is 0.246 e. The largest absolute Gasteiger partial charge is 0.329 e. The first kappa shape index (κ1) is 10.7. The quantitative estimate of drug-likeness (QED) is 0.682. The van der Waals surface area contributed by atoms with Gasteiger partial charge in [-0.05, 0) is 25.7 Å². The third kappa shape index (κ3) is 1.83. The maximum absolute atomic E-state index is 12.1. The van der Waals surface area contributed by atoms with E-state index in [1.165, 1.54) is 4.90 Å². The Morgan fingerprint density at radius 1 is 1.24 bits per heavy atom. The van der Waals surface area contributed by atoms with Crippen molar-refractivity contribution in [3.8, 4) is 0 Å². The van der Waals surface area contributed by atoms with E-state index in [9.17, 15) is 14.4 Å². The van der Waals surface area contributed by atoms with Gasteiger partial charge in [-0.2, -0.15) is 0 Å². The minimum atomic E-state index is -0.289. The summed E-state index contributed by atoms with van der Waals surface area (Å²) < 4.78 is 0. The van der Waals surface area contributed by atoms with Crippen molar-refractivity contribution in [1.29, 1.82) is 0 Å². The number of carbonyl (C=O) groups excluding carboxylic acids is 3. The van der Waals surface area contributed by atoms with Crippen LogP contribution in [-0.2, 0) is 14.4 Å². The summed E-state index contributed by atoms with van der Waals surface area (Å²) in [6.45, 7) is 0.924. The van der Waals surface area contributed by atoms with Crippen molar-refractivity contribution in [2.45, 2.75) is 31.7 Å². The summed E-state index contributed by atoms with van der Waals surface area (Å²) in [4.78, 5) is 38.8. The van der Waals surface area contributed by atoms with E-state index in [1.807, 2.05) is 0 Å². The molecule has 0 aromatic heterocycles. The number of carbonyl (C=O) groups is 3. The van der Waals surface area contributed by atoms with Crippen LogP contribution < -0.4 is 0 Å². The minimum absolute atomic E-state index is 0.00398. The van der Waals surface area contributed by atoms with Gasteiger partial charge >= 0.3 is 0 Å². The summed E-state index contributed by atoms with van der Waals surface area (Å²) in [5, 5.41) is 0. The Balaban J connectivity index is 1.70. The average Bonchev–Trinajstić information content (AvgIpc) is 3.03. The van der Waals surface area contributed by atoms with Crippen LogP contribution in [-0.4, -0.2) is 53.1 Å². The number of amides is 2. The molecular formula is C12H16N2O3. The van der Waals surface area contributed by atoms with Gasteiger partial charge in [0.05, 0.1) is 6.54 Å². The van der Waals surface area contributed by atoms with Crippen molar-refractivity contribution in [1.82, 2.24) is 9.80 Å². The predicted molar refractivity (Wildman–Crippen MR) is 59.0 cm³/mol. The Kier molecular flexibility index (Phi) is 2.42. The molecule has 5 nitrogen and oxygen atoms in total. The van der Waals surface area contributed by atoms with Crippen LogP contribution in [0.2, 0.25) is 0 Å². The molecule has 0 spiro atoms. The van der Waals surface area contributed by atoms with Crippen molar-refractivity contribution in [2.24, 2.45) is 5.92 Å². The number of ketones is 1. The van der Waals surface area contributed by atoms with Gasteiger partial charge in [-0.15, -0.1) is 0 Å². The van der Waals surface area contributed by atoms with Gasteiger partial charge in [0.25, 0.3) is 0 Å². The predicted octanol–water partition coefficient (Wildman–Crippen LogP) is -0.201. The molecule has 1 saturated carbocycles. The van der Waals surface area contributed by atoms with Crippen LogP contribution in [0.25, 0.3) is 0 Å². The number of fused-ring (bicyclic) bond motifs is 1. The van der Waals surface area contributed by atoms with E-state index < -0.39 is 0 Å². The maximum atomic E-state index is 12.1. The SMILES string of the molecule is O=C(CN1CC(=O)N2CCCC2C1=O)C1CC1. The number of piperazine rings is 1. The second-order valence-electron chi connectivity index (χ2n) is 5.18. The number of hydrogen-bond donors (Lipinski definition) is 0. The molecule has 0 radical (unpaired) electrons. The molecule has 1 unspecified atom stereocenters. The second-order valence-corrected chi connectivity index (χ2v) is 5.18. The molecule has 92 valence electrons. The molecule has 1 atom stereocenters. The van der Waals surface area contributed by atoms with E-state index in [0.29, 0.717) is 6.54 Å². The lowest BCUT2D eigenvalue weighted by Crippen LogP contribution is -2.58. The Morgan fingerprint density at radius 2 is 2.00 bits per heavy atom. The fourth-order valence-electron chi connectivity index (χ4n) is 2.72. The van der Waals surface area contributed by atoms with Gasteiger partial charge in [-0.3, -0.25) is 14.4 Å². The molecule has 0 aromatic carbocycles. The van der Waals surface area contributed by atoms with E-state index in [0.717, 1.165) is 25.7 Å². The van der Waals surface area contributed by atoms with Crippen molar-refractivity contribution in [3.63, 3.8) is 0 Å². The van der Waals surface area contributed by atoms with E-state index >= 15 is 0 Å². The maximum Gasteiger partial charge on any atom is 0.246 e. The summed E-state index contributed by atoms with van der Waals surface area (Å²) in [5.41, 5.74) is 0. The Morgan fingerprint density at radius 3 is 2.71 bits per heavy atom. The van der Waals surface area contributed by atoms with E-state index in [2.05, 4.69) is 0 Å². The molecule has 2 aliphatic heterocycles. The van der Waals surface area contributed by atoms with Crippen LogP contribution in [0.5, 0.6) is 0 Å². The lowest BCUT2D eigenvalue weighted by atomic mass is 10.1. The number of rotatable bonds is 3. The first-order chi connectivity index (χ1) is 8.16. The third-order valence-corrected chi connectivity index (χ3v) is 3.88. The van der Waals surface area contributed by atoms with Crippen LogP contribution in [0, 0.1) is 5.92 Å². The average molecular weight is 236 g/mol. The van der Waals surface area contributed by atoms with Crippen LogP contribution in [0.4, 0.5) is 0 Å². The fraction of sp³-hybridized carbons (Fsp3) is 0.750. The van der Waals surface area contributed by atoms with Crippen molar-refractivity contribution < 1.29 is 14.4 Å². The minimum Gasteiger partial charge on any atom is -0.329 e. The van der Waals surface area contributed by atoms with Crippen molar-refractivity contribution in [3.05, 3.63) is 0 Å². The highest BCUT2D eigenvalue weighted by Gasteiger charge is 2.43. The summed E-state index contributed by atoms with van der Waals surface area (Å²) >= 11 is 0. The molecule has 3 aliphatic rings. The number of nitrogens with zero attached hydrogens (tertiary/aromatic N) is 2. The third-order valence-electron chi connectivity index (χ3n) is 3.88. The zero-order valence-corrected chi connectivity index (χ0v) is 9.72. The lowest BCUT2D eigenvalue weighted by molar-refractivity contribution is -0.154. The highest BCUT2D eigenvalue weighted by molar-refractivity contribution is 5.98. The first-order valence-corrected chi connectivity index (χ1v) is 6.28. The lowest BCUT2D eigenvalue weighted by Gasteiger charge is -2.36. The monoisotopic (exact) mass is 236 g/mol. The highest BCUT2D eigenvalue weighted by atomic mass is 16.2. The summed E-state index contributed by atoms with van der Waals surface area (Å²) in [5.74, 6) is 0.240. The molecular weight excluding hydrogens is 220 g/mol. The number of hydrogen-bond acceptors (Lipinski definition) is 3. The second kappa shape index (κ2) is 3.82.